The van der Waals surface area contributed by atoms with Gasteiger partial charge in [-0.1, -0.05) is 6.07 Å². The number of nitrogens with one attached hydrogen (secondary N) is 3. The molecule has 1 rings (SSSR count). The fourth-order valence-corrected chi connectivity index (χ4v) is 2.10. The predicted molar refractivity (Wildman–Crippen MR) is 72.7 cm³/mol. The van der Waals surface area contributed by atoms with Gasteiger partial charge in [-0.05, 0) is 31.7 Å². The topological polar surface area (TPSA) is 70.2 Å². The van der Waals surface area contributed by atoms with Gasteiger partial charge < -0.3 is 16.0 Å². The van der Waals surface area contributed by atoms with E-state index >= 15 is 0 Å². The second kappa shape index (κ2) is 7.71. The summed E-state index contributed by atoms with van der Waals surface area (Å²) in [5, 5.41) is 9.97. The number of carbonyl (C=O) groups excluding carboxylic acids is 2. The molecule has 0 aliphatic carbocycles. The van der Waals surface area contributed by atoms with E-state index in [4.69, 9.17) is 0 Å². The predicted octanol–water partition coefficient (Wildman–Crippen LogP) is 1.11. The van der Waals surface area contributed by atoms with Gasteiger partial charge in [0.05, 0.1) is 0 Å². The Morgan fingerprint density at radius 1 is 1.39 bits per heavy atom. The molecule has 0 aromatic carbocycles. The Kier molecular flexibility index (Phi) is 6.21. The van der Waals surface area contributed by atoms with Crippen LogP contribution in [0.25, 0.3) is 0 Å². The second-order valence-corrected chi connectivity index (χ2v) is 4.88. The van der Waals surface area contributed by atoms with Crippen LogP contribution in [0, 0.1) is 0 Å². The summed E-state index contributed by atoms with van der Waals surface area (Å²) in [4.78, 5) is 24.1. The Morgan fingerprint density at radius 3 is 2.78 bits per heavy atom. The fourth-order valence-electron chi connectivity index (χ4n) is 1.39. The quantitative estimate of drug-likeness (QED) is 0.724. The van der Waals surface area contributed by atoms with Gasteiger partial charge in [0.15, 0.2) is 0 Å². The van der Waals surface area contributed by atoms with Crippen molar-refractivity contribution in [2.75, 3.05) is 13.1 Å². The van der Waals surface area contributed by atoms with Gasteiger partial charge in [-0.15, -0.1) is 11.3 Å². The van der Waals surface area contributed by atoms with Crippen molar-refractivity contribution >= 4 is 23.3 Å². The normalized spacial score (nSPS) is 11.7. The Hall–Kier alpha value is -1.56. The molecule has 100 valence electrons. The van der Waals surface area contributed by atoms with Gasteiger partial charge in [0.25, 0.3) is 0 Å². The standard InChI is InChI=1S/C12H19N3O2S/c1-3-13-11(16)9(2)15-12(17)14-7-6-10-5-4-8-18-10/h4-5,8-9H,3,6-7H2,1-2H3,(H,13,16)(H2,14,15,17)/t9-/m0/s1. The summed E-state index contributed by atoms with van der Waals surface area (Å²) in [6, 6.07) is 3.18. The lowest BCUT2D eigenvalue weighted by molar-refractivity contribution is -0.122. The number of amides is 3. The molecule has 0 saturated carbocycles. The first-order valence-corrected chi connectivity index (χ1v) is 6.86. The van der Waals surface area contributed by atoms with Gasteiger partial charge >= 0.3 is 6.03 Å². The van der Waals surface area contributed by atoms with E-state index in [1.165, 1.54) is 4.88 Å². The van der Waals surface area contributed by atoms with Crippen LogP contribution >= 0.6 is 11.3 Å². The number of likely N-dealkylation sites (N-methyl/N-ethyl adjacent to an activating group) is 1. The van der Waals surface area contributed by atoms with Gasteiger partial charge in [0.1, 0.15) is 6.04 Å². The third kappa shape index (κ3) is 5.18. The summed E-state index contributed by atoms with van der Waals surface area (Å²) in [6.07, 6.45) is 0.806. The molecule has 0 saturated heterocycles. The highest BCUT2D eigenvalue weighted by Gasteiger charge is 2.13. The Labute approximate surface area is 111 Å². The van der Waals surface area contributed by atoms with Crippen LogP contribution in [0.15, 0.2) is 17.5 Å². The van der Waals surface area contributed by atoms with Gasteiger partial charge in [-0.3, -0.25) is 4.79 Å². The van der Waals surface area contributed by atoms with Crippen LogP contribution in [0.3, 0.4) is 0 Å². The lowest BCUT2D eigenvalue weighted by Crippen LogP contribution is -2.48. The van der Waals surface area contributed by atoms with Gasteiger partial charge in [0.2, 0.25) is 5.91 Å². The van der Waals surface area contributed by atoms with Crippen molar-refractivity contribution in [3.63, 3.8) is 0 Å². The average Bonchev–Trinajstić information content (AvgIpc) is 2.82. The van der Waals surface area contributed by atoms with Gasteiger partial charge in [0, 0.05) is 18.0 Å². The molecule has 1 aromatic heterocycles. The van der Waals surface area contributed by atoms with Gasteiger partial charge in [-0.25, -0.2) is 4.79 Å². The molecule has 0 radical (unpaired) electrons. The largest absolute Gasteiger partial charge is 0.355 e. The SMILES string of the molecule is CCNC(=O)[C@H](C)NC(=O)NCCc1cccs1. The van der Waals surface area contributed by atoms with Crippen molar-refractivity contribution in [3.8, 4) is 0 Å². The van der Waals surface area contributed by atoms with Crippen LogP contribution in [0.1, 0.15) is 18.7 Å². The maximum absolute atomic E-state index is 11.5. The Bertz CT molecular complexity index is 379. The Balaban J connectivity index is 2.19. The molecule has 0 fully saturated rings. The maximum atomic E-state index is 11.5. The number of urea groups is 1. The molecule has 0 unspecified atom stereocenters. The van der Waals surface area contributed by atoms with Crippen LogP contribution in [-0.4, -0.2) is 31.1 Å². The molecule has 5 nitrogen and oxygen atoms in total. The minimum absolute atomic E-state index is 0.175. The lowest BCUT2D eigenvalue weighted by atomic mass is 10.3. The molecule has 0 spiro atoms. The molecule has 1 heterocycles. The average molecular weight is 269 g/mol. The summed E-state index contributed by atoms with van der Waals surface area (Å²) in [6.45, 7) is 4.62. The monoisotopic (exact) mass is 269 g/mol. The molecule has 3 N–H and O–H groups in total. The number of hydrogen-bond acceptors (Lipinski definition) is 3. The molecule has 3 amide bonds. The summed E-state index contributed by atoms with van der Waals surface area (Å²) in [5.41, 5.74) is 0. The van der Waals surface area contributed by atoms with Crippen LogP contribution in [-0.2, 0) is 11.2 Å². The third-order valence-corrected chi connectivity index (χ3v) is 3.27. The van der Waals surface area contributed by atoms with E-state index < -0.39 is 6.04 Å². The van der Waals surface area contributed by atoms with Crippen molar-refractivity contribution in [1.29, 1.82) is 0 Å². The molecule has 0 aliphatic rings. The van der Waals surface area contributed by atoms with E-state index in [-0.39, 0.29) is 11.9 Å². The first kappa shape index (κ1) is 14.5. The minimum atomic E-state index is -0.522. The summed E-state index contributed by atoms with van der Waals surface area (Å²) >= 11 is 1.66. The molecular weight excluding hydrogens is 250 g/mol. The summed E-state index contributed by atoms with van der Waals surface area (Å²) < 4.78 is 0. The number of thiophene rings is 1. The highest BCUT2D eigenvalue weighted by atomic mass is 32.1. The van der Waals surface area contributed by atoms with Crippen LogP contribution in [0.2, 0.25) is 0 Å². The van der Waals surface area contributed by atoms with Crippen molar-refractivity contribution in [2.24, 2.45) is 0 Å². The third-order valence-electron chi connectivity index (χ3n) is 2.33. The van der Waals surface area contributed by atoms with E-state index in [2.05, 4.69) is 16.0 Å². The number of hydrogen-bond donors (Lipinski definition) is 3. The first-order valence-electron chi connectivity index (χ1n) is 5.98. The van der Waals surface area contributed by atoms with E-state index in [9.17, 15) is 9.59 Å². The summed E-state index contributed by atoms with van der Waals surface area (Å²) in [5.74, 6) is -0.175. The zero-order chi connectivity index (χ0) is 13.4. The summed E-state index contributed by atoms with van der Waals surface area (Å²) in [7, 11) is 0. The smallest absolute Gasteiger partial charge is 0.315 e. The highest BCUT2D eigenvalue weighted by Crippen LogP contribution is 2.07. The zero-order valence-corrected chi connectivity index (χ0v) is 11.5. The molecule has 6 heteroatoms. The molecular formula is C12H19N3O2S. The van der Waals surface area contributed by atoms with E-state index in [0.29, 0.717) is 13.1 Å². The number of carbonyl (C=O) groups is 2. The van der Waals surface area contributed by atoms with Crippen LogP contribution in [0.5, 0.6) is 0 Å². The highest BCUT2D eigenvalue weighted by molar-refractivity contribution is 7.09. The maximum Gasteiger partial charge on any atom is 0.315 e. The fraction of sp³-hybridized carbons (Fsp3) is 0.500. The minimum Gasteiger partial charge on any atom is -0.355 e. The van der Waals surface area contributed by atoms with Crippen LogP contribution in [0.4, 0.5) is 4.79 Å². The lowest BCUT2D eigenvalue weighted by Gasteiger charge is -2.13. The van der Waals surface area contributed by atoms with Crippen molar-refractivity contribution in [3.05, 3.63) is 22.4 Å². The van der Waals surface area contributed by atoms with Crippen molar-refractivity contribution in [1.82, 2.24) is 16.0 Å². The second-order valence-electron chi connectivity index (χ2n) is 3.85. The molecule has 1 aromatic rings. The van der Waals surface area contributed by atoms with Gasteiger partial charge in [-0.2, -0.15) is 0 Å². The first-order chi connectivity index (χ1) is 8.63. The van der Waals surface area contributed by atoms with Crippen molar-refractivity contribution in [2.45, 2.75) is 26.3 Å². The molecule has 18 heavy (non-hydrogen) atoms. The zero-order valence-electron chi connectivity index (χ0n) is 10.7. The number of rotatable bonds is 6. The van der Waals surface area contributed by atoms with Crippen molar-refractivity contribution < 1.29 is 9.59 Å². The van der Waals surface area contributed by atoms with E-state index in [1.54, 1.807) is 18.3 Å². The molecule has 0 bridgehead atoms. The van der Waals surface area contributed by atoms with Crippen LogP contribution < -0.4 is 16.0 Å². The van der Waals surface area contributed by atoms with E-state index in [0.717, 1.165) is 6.42 Å². The van der Waals surface area contributed by atoms with E-state index in [1.807, 2.05) is 24.4 Å². The molecule has 0 aliphatic heterocycles. The Morgan fingerprint density at radius 2 is 2.17 bits per heavy atom. The molecule has 1 atom stereocenters.